The fourth-order valence-corrected chi connectivity index (χ4v) is 2.59. The molecule has 16 heavy (non-hydrogen) atoms. The molecule has 0 amide bonds. The molecule has 1 unspecified atom stereocenters. The second kappa shape index (κ2) is 5.94. The van der Waals surface area contributed by atoms with E-state index in [0.717, 1.165) is 5.75 Å². The summed E-state index contributed by atoms with van der Waals surface area (Å²) in [6, 6.07) is 6.46. The summed E-state index contributed by atoms with van der Waals surface area (Å²) < 4.78 is 0. The molecule has 1 N–H and O–H groups in total. The van der Waals surface area contributed by atoms with Crippen molar-refractivity contribution in [3.8, 4) is 0 Å². The highest BCUT2D eigenvalue weighted by molar-refractivity contribution is 7.98. The van der Waals surface area contributed by atoms with Gasteiger partial charge in [-0.15, -0.1) is 0 Å². The fraction of sp³-hybridized carbons (Fsp3) is 0.462. The monoisotopic (exact) mass is 238 g/mol. The van der Waals surface area contributed by atoms with Crippen molar-refractivity contribution in [3.63, 3.8) is 0 Å². The number of carboxylic acid groups (broad SMARTS) is 1. The number of carbonyl (C=O) groups is 1. The number of hydrogen-bond acceptors (Lipinski definition) is 2. The molecule has 0 fully saturated rings. The molecule has 0 aliphatic carbocycles. The summed E-state index contributed by atoms with van der Waals surface area (Å²) >= 11 is 1.68. The number of carboxylic acids is 1. The van der Waals surface area contributed by atoms with Gasteiger partial charge in [-0.1, -0.05) is 36.2 Å². The van der Waals surface area contributed by atoms with E-state index in [9.17, 15) is 4.79 Å². The molecule has 1 aromatic carbocycles. The molecule has 0 aromatic heterocycles. The van der Waals surface area contributed by atoms with Gasteiger partial charge in [0, 0.05) is 11.5 Å². The number of thioether (sulfide) groups is 1. The van der Waals surface area contributed by atoms with Gasteiger partial charge >= 0.3 is 5.97 Å². The first-order valence-corrected chi connectivity index (χ1v) is 6.52. The van der Waals surface area contributed by atoms with Crippen LogP contribution in [0.1, 0.15) is 23.6 Å². The van der Waals surface area contributed by atoms with E-state index in [-0.39, 0.29) is 5.92 Å². The normalized spacial score (nSPS) is 12.4. The SMILES string of the molecule is Cc1cc(C)cc(CSCC(C)C(=O)O)c1. The Morgan fingerprint density at radius 1 is 1.31 bits per heavy atom. The van der Waals surface area contributed by atoms with Crippen molar-refractivity contribution in [2.24, 2.45) is 5.92 Å². The second-order valence-electron chi connectivity index (χ2n) is 4.25. The van der Waals surface area contributed by atoms with Crippen LogP contribution in [0.5, 0.6) is 0 Å². The summed E-state index contributed by atoms with van der Waals surface area (Å²) in [7, 11) is 0. The van der Waals surface area contributed by atoms with Crippen molar-refractivity contribution in [2.75, 3.05) is 5.75 Å². The molecule has 0 bridgehead atoms. The van der Waals surface area contributed by atoms with Crippen LogP contribution in [-0.2, 0) is 10.5 Å². The Morgan fingerprint density at radius 2 is 1.88 bits per heavy atom. The number of benzene rings is 1. The van der Waals surface area contributed by atoms with Crippen LogP contribution in [0.25, 0.3) is 0 Å². The van der Waals surface area contributed by atoms with Crippen molar-refractivity contribution < 1.29 is 9.90 Å². The Bertz CT molecular complexity index is 354. The van der Waals surface area contributed by atoms with E-state index in [1.165, 1.54) is 16.7 Å². The standard InChI is InChI=1S/C13H18O2S/c1-9-4-10(2)6-12(5-9)8-16-7-11(3)13(14)15/h4-6,11H,7-8H2,1-3H3,(H,14,15). The van der Waals surface area contributed by atoms with Crippen molar-refractivity contribution in [1.82, 2.24) is 0 Å². The van der Waals surface area contributed by atoms with Gasteiger partial charge in [0.15, 0.2) is 0 Å². The topological polar surface area (TPSA) is 37.3 Å². The summed E-state index contributed by atoms with van der Waals surface area (Å²) in [5, 5.41) is 8.75. The number of aliphatic carboxylic acids is 1. The van der Waals surface area contributed by atoms with Gasteiger partial charge in [0.2, 0.25) is 0 Å². The molecule has 0 spiro atoms. The van der Waals surface area contributed by atoms with Crippen LogP contribution in [0.15, 0.2) is 18.2 Å². The van der Waals surface area contributed by atoms with Gasteiger partial charge in [0.1, 0.15) is 0 Å². The Labute approximate surface area is 101 Å². The molecular formula is C13H18O2S. The lowest BCUT2D eigenvalue weighted by atomic mass is 10.1. The van der Waals surface area contributed by atoms with Crippen molar-refractivity contribution in [1.29, 1.82) is 0 Å². The van der Waals surface area contributed by atoms with E-state index in [1.807, 2.05) is 0 Å². The molecule has 0 saturated carbocycles. The maximum absolute atomic E-state index is 10.6. The van der Waals surface area contributed by atoms with Crippen LogP contribution in [0, 0.1) is 19.8 Å². The average Bonchev–Trinajstić information content (AvgIpc) is 2.15. The molecule has 3 heteroatoms. The van der Waals surface area contributed by atoms with E-state index in [0.29, 0.717) is 5.75 Å². The zero-order chi connectivity index (χ0) is 12.1. The smallest absolute Gasteiger partial charge is 0.307 e. The summed E-state index contributed by atoms with van der Waals surface area (Å²) in [4.78, 5) is 10.6. The second-order valence-corrected chi connectivity index (χ2v) is 5.28. The minimum atomic E-state index is -0.715. The van der Waals surface area contributed by atoms with Gasteiger partial charge in [-0.25, -0.2) is 0 Å². The van der Waals surface area contributed by atoms with Crippen molar-refractivity contribution in [3.05, 3.63) is 34.9 Å². The lowest BCUT2D eigenvalue weighted by molar-refractivity contribution is -0.140. The largest absolute Gasteiger partial charge is 0.481 e. The van der Waals surface area contributed by atoms with E-state index < -0.39 is 5.97 Å². The molecule has 0 saturated heterocycles. The predicted octanol–water partition coefficient (Wildman–Crippen LogP) is 3.26. The van der Waals surface area contributed by atoms with Gasteiger partial charge in [-0.05, 0) is 19.4 Å². The molecular weight excluding hydrogens is 220 g/mol. The third-order valence-corrected chi connectivity index (χ3v) is 3.61. The highest BCUT2D eigenvalue weighted by Gasteiger charge is 2.10. The number of aryl methyl sites for hydroxylation is 2. The number of hydrogen-bond donors (Lipinski definition) is 1. The summed E-state index contributed by atoms with van der Waals surface area (Å²) in [5.74, 6) is 0.575. The zero-order valence-electron chi connectivity index (χ0n) is 9.99. The average molecular weight is 238 g/mol. The summed E-state index contributed by atoms with van der Waals surface area (Å²) in [6.45, 7) is 5.92. The lowest BCUT2D eigenvalue weighted by Gasteiger charge is -2.07. The van der Waals surface area contributed by atoms with Gasteiger partial charge in [0.05, 0.1) is 5.92 Å². The third kappa shape index (κ3) is 4.27. The van der Waals surface area contributed by atoms with Crippen LogP contribution in [0.4, 0.5) is 0 Å². The Balaban J connectivity index is 2.46. The minimum Gasteiger partial charge on any atom is -0.481 e. The van der Waals surface area contributed by atoms with Crippen LogP contribution >= 0.6 is 11.8 Å². The molecule has 1 rings (SSSR count). The Morgan fingerprint density at radius 3 is 2.38 bits per heavy atom. The van der Waals surface area contributed by atoms with Gasteiger partial charge in [-0.3, -0.25) is 4.79 Å². The maximum atomic E-state index is 10.6. The molecule has 0 aliphatic rings. The first-order valence-electron chi connectivity index (χ1n) is 5.36. The van der Waals surface area contributed by atoms with Crippen LogP contribution in [0.2, 0.25) is 0 Å². The van der Waals surface area contributed by atoms with Gasteiger partial charge in [-0.2, -0.15) is 11.8 Å². The zero-order valence-corrected chi connectivity index (χ0v) is 10.8. The van der Waals surface area contributed by atoms with Crippen LogP contribution < -0.4 is 0 Å². The van der Waals surface area contributed by atoms with E-state index >= 15 is 0 Å². The van der Waals surface area contributed by atoms with E-state index in [2.05, 4.69) is 32.0 Å². The van der Waals surface area contributed by atoms with Crippen LogP contribution in [-0.4, -0.2) is 16.8 Å². The molecule has 1 atom stereocenters. The minimum absolute atomic E-state index is 0.268. The summed E-state index contributed by atoms with van der Waals surface area (Å²) in [6.07, 6.45) is 0. The maximum Gasteiger partial charge on any atom is 0.307 e. The Hall–Kier alpha value is -0.960. The molecule has 88 valence electrons. The molecule has 1 aromatic rings. The first kappa shape index (κ1) is 13.1. The molecule has 0 radical (unpaired) electrons. The van der Waals surface area contributed by atoms with E-state index in [4.69, 9.17) is 5.11 Å². The van der Waals surface area contributed by atoms with Crippen LogP contribution in [0.3, 0.4) is 0 Å². The van der Waals surface area contributed by atoms with Crippen molar-refractivity contribution >= 4 is 17.7 Å². The first-order chi connectivity index (χ1) is 7.49. The molecule has 0 heterocycles. The van der Waals surface area contributed by atoms with Gasteiger partial charge in [0.25, 0.3) is 0 Å². The molecule has 0 aliphatic heterocycles. The number of rotatable bonds is 5. The predicted molar refractivity (Wildman–Crippen MR) is 68.9 cm³/mol. The summed E-state index contributed by atoms with van der Waals surface area (Å²) in [5.41, 5.74) is 3.81. The third-order valence-electron chi connectivity index (χ3n) is 2.34. The van der Waals surface area contributed by atoms with E-state index in [1.54, 1.807) is 18.7 Å². The fourth-order valence-electron chi connectivity index (χ4n) is 1.58. The van der Waals surface area contributed by atoms with Crippen molar-refractivity contribution in [2.45, 2.75) is 26.5 Å². The Kier molecular flexibility index (Phi) is 4.87. The quantitative estimate of drug-likeness (QED) is 0.855. The lowest BCUT2D eigenvalue weighted by Crippen LogP contribution is -2.11. The molecule has 2 nitrogen and oxygen atoms in total. The highest BCUT2D eigenvalue weighted by atomic mass is 32.2. The van der Waals surface area contributed by atoms with Gasteiger partial charge < -0.3 is 5.11 Å². The highest BCUT2D eigenvalue weighted by Crippen LogP contribution is 2.18.